The molecule has 156 valence electrons. The minimum Gasteiger partial charge on any atom is -0.486 e. The molecule has 2 aliphatic rings. The second kappa shape index (κ2) is 10.2. The summed E-state index contributed by atoms with van der Waals surface area (Å²) in [5, 5.41) is 1.43. The number of fused-ring (bicyclic) bond motifs is 1. The van der Waals surface area contributed by atoms with E-state index in [0.717, 1.165) is 65.6 Å². The Hall–Kier alpha value is -1.27. The Labute approximate surface area is 187 Å². The Kier molecular flexibility index (Phi) is 7.35. The highest BCUT2D eigenvalue weighted by Gasteiger charge is 2.23. The van der Waals surface area contributed by atoms with Crippen molar-refractivity contribution in [2.75, 3.05) is 56.6 Å². The van der Waals surface area contributed by atoms with Crippen molar-refractivity contribution in [1.82, 2.24) is 4.90 Å². The minimum atomic E-state index is 0.628. The fourth-order valence-corrected chi connectivity index (χ4v) is 5.23. The second-order valence-electron chi connectivity index (χ2n) is 7.26. The molecule has 0 aliphatic carbocycles. The standard InChI is InChI=1S/C22H26Cl2N2O2S/c23-17-6-7-21(18(24)16-17)29-15-2-1-8-25-9-11-26(12-10-25)19-4-3-5-20-22(19)28-14-13-27-20/h3-7,16H,1-2,8-15H2. The van der Waals surface area contributed by atoms with Crippen molar-refractivity contribution in [3.05, 3.63) is 46.4 Å². The summed E-state index contributed by atoms with van der Waals surface area (Å²) in [6.45, 7) is 6.62. The summed E-state index contributed by atoms with van der Waals surface area (Å²) >= 11 is 14.0. The molecule has 4 rings (SSSR count). The number of benzene rings is 2. The molecule has 2 heterocycles. The van der Waals surface area contributed by atoms with Crippen LogP contribution in [-0.2, 0) is 0 Å². The molecule has 0 bridgehead atoms. The number of nitrogens with zero attached hydrogens (tertiary/aromatic N) is 2. The summed E-state index contributed by atoms with van der Waals surface area (Å²) in [7, 11) is 0. The van der Waals surface area contributed by atoms with Crippen molar-refractivity contribution in [1.29, 1.82) is 0 Å². The minimum absolute atomic E-state index is 0.628. The fraction of sp³-hybridized carbons (Fsp3) is 0.455. The predicted molar refractivity (Wildman–Crippen MR) is 123 cm³/mol. The summed E-state index contributed by atoms with van der Waals surface area (Å²) in [6.07, 6.45) is 2.39. The molecule has 0 saturated carbocycles. The van der Waals surface area contributed by atoms with Gasteiger partial charge in [0, 0.05) is 36.1 Å². The monoisotopic (exact) mass is 452 g/mol. The molecule has 0 atom stereocenters. The van der Waals surface area contributed by atoms with Gasteiger partial charge in [0.05, 0.1) is 10.7 Å². The normalized spacial score (nSPS) is 16.8. The lowest BCUT2D eigenvalue weighted by molar-refractivity contribution is 0.171. The van der Waals surface area contributed by atoms with E-state index in [1.807, 2.05) is 36.0 Å². The smallest absolute Gasteiger partial charge is 0.184 e. The number of unbranched alkanes of at least 4 members (excludes halogenated alkanes) is 1. The van der Waals surface area contributed by atoms with Gasteiger partial charge < -0.3 is 14.4 Å². The van der Waals surface area contributed by atoms with Crippen LogP contribution in [0.5, 0.6) is 11.5 Å². The molecule has 0 unspecified atom stereocenters. The molecule has 7 heteroatoms. The highest BCUT2D eigenvalue weighted by Crippen LogP contribution is 2.39. The van der Waals surface area contributed by atoms with Crippen LogP contribution in [0.3, 0.4) is 0 Å². The number of ether oxygens (including phenoxy) is 2. The van der Waals surface area contributed by atoms with Crippen LogP contribution in [0.25, 0.3) is 0 Å². The third-order valence-corrected chi connectivity index (χ3v) is 7.10. The van der Waals surface area contributed by atoms with Crippen molar-refractivity contribution in [3.8, 4) is 11.5 Å². The molecule has 2 aliphatic heterocycles. The lowest BCUT2D eigenvalue weighted by Gasteiger charge is -2.37. The van der Waals surface area contributed by atoms with E-state index in [9.17, 15) is 0 Å². The number of hydrogen-bond donors (Lipinski definition) is 0. The zero-order chi connectivity index (χ0) is 20.1. The van der Waals surface area contributed by atoms with Crippen LogP contribution >= 0.6 is 35.0 Å². The van der Waals surface area contributed by atoms with E-state index in [-0.39, 0.29) is 0 Å². The van der Waals surface area contributed by atoms with Crippen molar-refractivity contribution in [2.45, 2.75) is 17.7 Å². The third kappa shape index (κ3) is 5.46. The summed E-state index contributed by atoms with van der Waals surface area (Å²) in [5.41, 5.74) is 1.16. The van der Waals surface area contributed by atoms with Crippen molar-refractivity contribution in [2.24, 2.45) is 0 Å². The van der Waals surface area contributed by atoms with Gasteiger partial charge in [-0.25, -0.2) is 0 Å². The van der Waals surface area contributed by atoms with E-state index in [0.29, 0.717) is 18.2 Å². The summed E-state index contributed by atoms with van der Waals surface area (Å²) < 4.78 is 11.6. The van der Waals surface area contributed by atoms with E-state index < -0.39 is 0 Å². The van der Waals surface area contributed by atoms with Crippen LogP contribution in [0.2, 0.25) is 10.0 Å². The maximum Gasteiger partial charge on any atom is 0.184 e. The quantitative estimate of drug-likeness (QED) is 0.410. The van der Waals surface area contributed by atoms with Gasteiger partial charge in [-0.05, 0) is 55.5 Å². The Bertz CT molecular complexity index is 828. The maximum absolute atomic E-state index is 6.24. The van der Waals surface area contributed by atoms with Gasteiger partial charge in [0.1, 0.15) is 13.2 Å². The summed E-state index contributed by atoms with van der Waals surface area (Å²) in [4.78, 5) is 6.09. The number of anilines is 1. The number of rotatable bonds is 7. The first kappa shape index (κ1) is 21.0. The Balaban J connectivity index is 1.18. The molecule has 0 spiro atoms. The van der Waals surface area contributed by atoms with E-state index in [1.54, 1.807) is 0 Å². The third-order valence-electron chi connectivity index (χ3n) is 5.28. The van der Waals surface area contributed by atoms with E-state index in [4.69, 9.17) is 32.7 Å². The first-order chi connectivity index (χ1) is 14.2. The maximum atomic E-state index is 6.24. The Morgan fingerprint density at radius 3 is 2.59 bits per heavy atom. The largest absolute Gasteiger partial charge is 0.486 e. The first-order valence-corrected chi connectivity index (χ1v) is 11.9. The second-order valence-corrected chi connectivity index (χ2v) is 9.24. The van der Waals surface area contributed by atoms with Gasteiger partial charge in [0.25, 0.3) is 0 Å². The average Bonchev–Trinajstić information content (AvgIpc) is 2.75. The van der Waals surface area contributed by atoms with E-state index in [2.05, 4.69) is 21.9 Å². The van der Waals surface area contributed by atoms with Gasteiger partial charge in [-0.1, -0.05) is 29.3 Å². The number of halogens is 2. The topological polar surface area (TPSA) is 24.9 Å². The lowest BCUT2D eigenvalue weighted by Crippen LogP contribution is -2.46. The van der Waals surface area contributed by atoms with Crippen molar-refractivity contribution in [3.63, 3.8) is 0 Å². The molecule has 4 nitrogen and oxygen atoms in total. The molecular weight excluding hydrogens is 427 g/mol. The molecule has 0 N–H and O–H groups in total. The highest BCUT2D eigenvalue weighted by molar-refractivity contribution is 7.99. The zero-order valence-corrected chi connectivity index (χ0v) is 18.7. The molecule has 0 radical (unpaired) electrons. The Morgan fingerprint density at radius 2 is 1.76 bits per heavy atom. The van der Waals surface area contributed by atoms with Gasteiger partial charge in [0.2, 0.25) is 0 Å². The summed E-state index contributed by atoms with van der Waals surface area (Å²) in [5.74, 6) is 2.86. The SMILES string of the molecule is Clc1ccc(SCCCCN2CCN(c3cccc4c3OCCO4)CC2)c(Cl)c1. The van der Waals surface area contributed by atoms with Crippen LogP contribution in [0.15, 0.2) is 41.3 Å². The molecule has 29 heavy (non-hydrogen) atoms. The molecule has 2 aromatic carbocycles. The molecule has 0 amide bonds. The number of piperazine rings is 1. The highest BCUT2D eigenvalue weighted by atomic mass is 35.5. The lowest BCUT2D eigenvalue weighted by atomic mass is 10.2. The van der Waals surface area contributed by atoms with Gasteiger partial charge >= 0.3 is 0 Å². The van der Waals surface area contributed by atoms with Gasteiger partial charge in [0.15, 0.2) is 11.5 Å². The zero-order valence-electron chi connectivity index (χ0n) is 16.4. The molecule has 2 aromatic rings. The van der Waals surface area contributed by atoms with E-state index in [1.165, 1.54) is 12.8 Å². The van der Waals surface area contributed by atoms with E-state index >= 15 is 0 Å². The molecular formula is C22H26Cl2N2O2S. The number of hydrogen-bond acceptors (Lipinski definition) is 5. The van der Waals surface area contributed by atoms with Crippen LogP contribution in [-0.4, -0.2) is 56.6 Å². The first-order valence-electron chi connectivity index (χ1n) is 10.1. The van der Waals surface area contributed by atoms with Crippen molar-refractivity contribution < 1.29 is 9.47 Å². The number of thioether (sulfide) groups is 1. The van der Waals surface area contributed by atoms with Crippen LogP contribution in [0.1, 0.15) is 12.8 Å². The van der Waals surface area contributed by atoms with Crippen molar-refractivity contribution >= 4 is 40.7 Å². The van der Waals surface area contributed by atoms with Crippen LogP contribution < -0.4 is 14.4 Å². The van der Waals surface area contributed by atoms with Gasteiger partial charge in [-0.3, -0.25) is 4.90 Å². The average molecular weight is 453 g/mol. The van der Waals surface area contributed by atoms with Crippen LogP contribution in [0.4, 0.5) is 5.69 Å². The van der Waals surface area contributed by atoms with Crippen LogP contribution in [0, 0.1) is 0 Å². The molecule has 0 aromatic heterocycles. The number of para-hydroxylation sites is 1. The fourth-order valence-electron chi connectivity index (χ4n) is 3.73. The predicted octanol–water partition coefficient (Wildman–Crippen LogP) is 5.46. The van der Waals surface area contributed by atoms with Gasteiger partial charge in [-0.2, -0.15) is 0 Å². The summed E-state index contributed by atoms with van der Waals surface area (Å²) in [6, 6.07) is 11.9. The molecule has 1 fully saturated rings. The molecule has 1 saturated heterocycles. The van der Waals surface area contributed by atoms with Gasteiger partial charge in [-0.15, -0.1) is 11.8 Å². The Morgan fingerprint density at radius 1 is 0.931 bits per heavy atom.